The van der Waals surface area contributed by atoms with Crippen LogP contribution in [0.3, 0.4) is 0 Å². The van der Waals surface area contributed by atoms with Gasteiger partial charge < -0.3 is 10.1 Å². The molecule has 1 aromatic carbocycles. The maximum absolute atomic E-state index is 11.7. The molecule has 0 aromatic heterocycles. The second-order valence-corrected chi connectivity index (χ2v) is 5.60. The van der Waals surface area contributed by atoms with Crippen LogP contribution in [0.1, 0.15) is 18.1 Å². The maximum atomic E-state index is 11.7. The molecule has 3 amide bonds. The van der Waals surface area contributed by atoms with E-state index in [0.29, 0.717) is 12.3 Å². The van der Waals surface area contributed by atoms with Crippen molar-refractivity contribution in [1.29, 1.82) is 0 Å². The molecule has 0 unspecified atom stereocenters. The van der Waals surface area contributed by atoms with Gasteiger partial charge >= 0.3 is 12.0 Å². The van der Waals surface area contributed by atoms with Crippen LogP contribution in [0.2, 0.25) is 0 Å². The van der Waals surface area contributed by atoms with Crippen LogP contribution in [0.4, 0.5) is 10.5 Å². The highest BCUT2D eigenvalue weighted by Gasteiger charge is 2.10. The first-order valence-electron chi connectivity index (χ1n) is 6.83. The predicted molar refractivity (Wildman–Crippen MR) is 87.0 cm³/mol. The number of anilines is 1. The lowest BCUT2D eigenvalue weighted by molar-refractivity contribution is -0.139. The number of hydrogen-bond donors (Lipinski definition) is 2. The van der Waals surface area contributed by atoms with Gasteiger partial charge in [-0.3, -0.25) is 14.9 Å². The van der Waals surface area contributed by atoms with Gasteiger partial charge in [0.1, 0.15) is 0 Å². The number of hydrogen-bond acceptors (Lipinski definition) is 5. The number of imide groups is 1. The fourth-order valence-corrected chi connectivity index (χ4v) is 2.31. The van der Waals surface area contributed by atoms with E-state index in [-0.39, 0.29) is 17.5 Å². The van der Waals surface area contributed by atoms with Crippen molar-refractivity contribution < 1.29 is 19.1 Å². The van der Waals surface area contributed by atoms with Crippen LogP contribution in [0.25, 0.3) is 0 Å². The smallest absolute Gasteiger partial charge is 0.325 e. The Morgan fingerprint density at radius 1 is 1.18 bits per heavy atom. The SMILES string of the molecule is CCOC(=O)CSCC(=O)NC(=O)Nc1ccc(C)cc1C. The average molecular weight is 324 g/mol. The summed E-state index contributed by atoms with van der Waals surface area (Å²) in [7, 11) is 0. The molecule has 0 aliphatic rings. The first kappa shape index (κ1) is 18.0. The lowest BCUT2D eigenvalue weighted by atomic mass is 10.1. The number of thioether (sulfide) groups is 1. The first-order valence-corrected chi connectivity index (χ1v) is 7.99. The molecule has 7 heteroatoms. The first-order chi connectivity index (χ1) is 10.4. The van der Waals surface area contributed by atoms with Gasteiger partial charge in [0.15, 0.2) is 0 Å². The molecule has 1 rings (SSSR count). The third-order valence-electron chi connectivity index (χ3n) is 2.64. The molecule has 0 radical (unpaired) electrons. The number of carbonyl (C=O) groups excluding carboxylic acids is 3. The molecule has 22 heavy (non-hydrogen) atoms. The normalized spacial score (nSPS) is 9.95. The number of rotatable bonds is 6. The van der Waals surface area contributed by atoms with E-state index in [1.807, 2.05) is 26.0 Å². The van der Waals surface area contributed by atoms with E-state index < -0.39 is 11.9 Å². The van der Waals surface area contributed by atoms with E-state index in [1.165, 1.54) is 0 Å². The summed E-state index contributed by atoms with van der Waals surface area (Å²) >= 11 is 1.10. The number of nitrogens with one attached hydrogen (secondary N) is 2. The van der Waals surface area contributed by atoms with E-state index in [2.05, 4.69) is 10.6 Å². The van der Waals surface area contributed by atoms with Crippen molar-refractivity contribution in [1.82, 2.24) is 5.32 Å². The van der Waals surface area contributed by atoms with Crippen LogP contribution >= 0.6 is 11.8 Å². The Morgan fingerprint density at radius 2 is 1.91 bits per heavy atom. The Labute approximate surface area is 134 Å². The highest BCUT2D eigenvalue weighted by Crippen LogP contribution is 2.15. The number of carbonyl (C=O) groups is 3. The van der Waals surface area contributed by atoms with Crippen LogP contribution in [0.5, 0.6) is 0 Å². The number of ether oxygens (including phenoxy) is 1. The monoisotopic (exact) mass is 324 g/mol. The molecular weight excluding hydrogens is 304 g/mol. The van der Waals surface area contributed by atoms with Crippen molar-refractivity contribution >= 4 is 35.4 Å². The Hall–Kier alpha value is -2.02. The predicted octanol–water partition coefficient (Wildman–Crippen LogP) is 2.25. The number of amides is 3. The van der Waals surface area contributed by atoms with Crippen molar-refractivity contribution in [2.45, 2.75) is 20.8 Å². The molecule has 0 atom stereocenters. The molecule has 6 nitrogen and oxygen atoms in total. The van der Waals surface area contributed by atoms with Crippen molar-refractivity contribution in [3.63, 3.8) is 0 Å². The van der Waals surface area contributed by atoms with Crippen LogP contribution < -0.4 is 10.6 Å². The minimum atomic E-state index is -0.589. The van der Waals surface area contributed by atoms with E-state index in [4.69, 9.17) is 4.74 Å². The number of aryl methyl sites for hydroxylation is 2. The van der Waals surface area contributed by atoms with Crippen LogP contribution in [0, 0.1) is 13.8 Å². The number of urea groups is 1. The molecule has 0 spiro atoms. The Kier molecular flexibility index (Phi) is 7.45. The molecule has 0 aliphatic carbocycles. The zero-order chi connectivity index (χ0) is 16.5. The molecule has 0 heterocycles. The van der Waals surface area contributed by atoms with Gasteiger partial charge in [0.2, 0.25) is 5.91 Å². The van der Waals surface area contributed by atoms with E-state index >= 15 is 0 Å². The Balaban J connectivity index is 2.35. The Bertz CT molecular complexity index is 560. The van der Waals surface area contributed by atoms with Crippen molar-refractivity contribution in [3.05, 3.63) is 29.3 Å². The molecule has 2 N–H and O–H groups in total. The minimum Gasteiger partial charge on any atom is -0.465 e. The topological polar surface area (TPSA) is 84.5 Å². The minimum absolute atomic E-state index is 0.0130. The summed E-state index contributed by atoms with van der Waals surface area (Å²) in [6.07, 6.45) is 0. The Morgan fingerprint density at radius 3 is 2.55 bits per heavy atom. The molecule has 1 aromatic rings. The highest BCUT2D eigenvalue weighted by molar-refractivity contribution is 8.00. The number of esters is 1. The van der Waals surface area contributed by atoms with Crippen molar-refractivity contribution in [3.8, 4) is 0 Å². The van der Waals surface area contributed by atoms with Gasteiger partial charge in [0.05, 0.1) is 18.1 Å². The summed E-state index contributed by atoms with van der Waals surface area (Å²) in [6.45, 7) is 5.86. The van der Waals surface area contributed by atoms with Crippen LogP contribution in [0.15, 0.2) is 18.2 Å². The van der Waals surface area contributed by atoms with E-state index in [1.54, 1.807) is 13.0 Å². The molecule has 120 valence electrons. The fraction of sp³-hybridized carbons (Fsp3) is 0.400. The zero-order valence-corrected chi connectivity index (χ0v) is 13.7. The summed E-state index contributed by atoms with van der Waals surface area (Å²) in [5, 5.41) is 4.83. The second kappa shape index (κ2) is 9.09. The molecular formula is C15H20N2O4S. The molecule has 0 aliphatic heterocycles. The summed E-state index contributed by atoms with van der Waals surface area (Å²) in [5.41, 5.74) is 2.66. The van der Waals surface area contributed by atoms with Gasteiger partial charge in [-0.2, -0.15) is 0 Å². The van der Waals surface area contributed by atoms with Gasteiger partial charge in [-0.15, -0.1) is 11.8 Å². The lowest BCUT2D eigenvalue weighted by Gasteiger charge is -2.09. The van der Waals surface area contributed by atoms with Gasteiger partial charge in [0.25, 0.3) is 0 Å². The summed E-state index contributed by atoms with van der Waals surface area (Å²) in [5.74, 6) is -0.740. The largest absolute Gasteiger partial charge is 0.465 e. The van der Waals surface area contributed by atoms with Gasteiger partial charge in [-0.25, -0.2) is 4.79 Å². The maximum Gasteiger partial charge on any atom is 0.325 e. The second-order valence-electron chi connectivity index (χ2n) is 4.62. The summed E-state index contributed by atoms with van der Waals surface area (Å²) < 4.78 is 4.74. The van der Waals surface area contributed by atoms with Gasteiger partial charge in [-0.05, 0) is 32.4 Å². The summed E-state index contributed by atoms with van der Waals surface area (Å²) in [4.78, 5) is 34.4. The molecule has 0 bridgehead atoms. The fourth-order valence-electron chi connectivity index (χ4n) is 1.70. The third kappa shape index (κ3) is 6.62. The molecule has 0 saturated heterocycles. The lowest BCUT2D eigenvalue weighted by Crippen LogP contribution is -2.35. The standard InChI is InChI=1S/C15H20N2O4S/c1-4-21-14(19)9-22-8-13(18)17-15(20)16-12-6-5-10(2)7-11(12)3/h5-7H,4,8-9H2,1-3H3,(H2,16,17,18,20). The van der Waals surface area contributed by atoms with Gasteiger partial charge in [0, 0.05) is 5.69 Å². The molecule has 0 saturated carbocycles. The van der Waals surface area contributed by atoms with Crippen LogP contribution in [-0.2, 0) is 14.3 Å². The van der Waals surface area contributed by atoms with Crippen LogP contribution in [-0.4, -0.2) is 36.0 Å². The summed E-state index contributed by atoms with van der Waals surface area (Å²) in [6, 6.07) is 5.00. The van der Waals surface area contributed by atoms with E-state index in [0.717, 1.165) is 22.9 Å². The van der Waals surface area contributed by atoms with Crippen molar-refractivity contribution in [2.24, 2.45) is 0 Å². The highest BCUT2D eigenvalue weighted by atomic mass is 32.2. The van der Waals surface area contributed by atoms with Gasteiger partial charge in [-0.1, -0.05) is 17.7 Å². The van der Waals surface area contributed by atoms with E-state index in [9.17, 15) is 14.4 Å². The average Bonchev–Trinajstić information content (AvgIpc) is 2.42. The van der Waals surface area contributed by atoms with Crippen molar-refractivity contribution in [2.75, 3.05) is 23.4 Å². The number of benzene rings is 1. The third-order valence-corrected chi connectivity index (χ3v) is 3.55. The quantitative estimate of drug-likeness (QED) is 0.784. The zero-order valence-electron chi connectivity index (χ0n) is 12.9. The molecule has 0 fully saturated rings.